The number of carbonyl (C=O) groups is 1. The van der Waals surface area contributed by atoms with Gasteiger partial charge in [0.1, 0.15) is 5.69 Å². The maximum atomic E-state index is 12.1. The molecule has 5 heteroatoms. The highest BCUT2D eigenvalue weighted by Crippen LogP contribution is 2.02. The molecule has 0 bridgehead atoms. The first kappa shape index (κ1) is 14.4. The highest BCUT2D eigenvalue weighted by Gasteiger charge is 2.15. The molecule has 0 spiro atoms. The van der Waals surface area contributed by atoms with Gasteiger partial charge in [-0.2, -0.15) is 0 Å². The summed E-state index contributed by atoms with van der Waals surface area (Å²) in [5, 5.41) is 0. The standard InChI is InChI=1S/C13H20N2O3/c1-5-18-10(3)8-15(4)13(17)12-7-11(16)6-9(2)14-12/h6-7,10H,5,8H2,1-4H3,(H,14,16). The molecule has 1 rings (SSSR count). The quantitative estimate of drug-likeness (QED) is 0.856. The fraction of sp³-hybridized carbons (Fsp3) is 0.538. The molecule has 1 heterocycles. The predicted molar refractivity (Wildman–Crippen MR) is 69.8 cm³/mol. The number of aryl methyl sites for hydroxylation is 1. The SMILES string of the molecule is CCOC(C)CN(C)C(=O)c1cc(=O)cc(C)[nH]1. The first-order valence-electron chi connectivity index (χ1n) is 6.02. The summed E-state index contributed by atoms with van der Waals surface area (Å²) in [5.41, 5.74) is 0.823. The van der Waals surface area contributed by atoms with E-state index >= 15 is 0 Å². The number of aromatic nitrogens is 1. The van der Waals surface area contributed by atoms with Gasteiger partial charge in [-0.15, -0.1) is 0 Å². The van der Waals surface area contributed by atoms with Crippen LogP contribution in [0.25, 0.3) is 0 Å². The van der Waals surface area contributed by atoms with E-state index in [1.165, 1.54) is 12.1 Å². The third-order valence-corrected chi connectivity index (χ3v) is 2.54. The molecule has 1 atom stereocenters. The van der Waals surface area contributed by atoms with E-state index in [-0.39, 0.29) is 17.4 Å². The summed E-state index contributed by atoms with van der Waals surface area (Å²) in [6.45, 7) is 6.68. The molecule has 0 aliphatic carbocycles. The highest BCUT2D eigenvalue weighted by atomic mass is 16.5. The number of rotatable bonds is 5. The van der Waals surface area contributed by atoms with Crippen molar-refractivity contribution < 1.29 is 9.53 Å². The smallest absolute Gasteiger partial charge is 0.270 e. The van der Waals surface area contributed by atoms with E-state index in [4.69, 9.17) is 4.74 Å². The molecule has 5 nitrogen and oxygen atoms in total. The summed E-state index contributed by atoms with van der Waals surface area (Å²) in [6.07, 6.45) is -0.0273. The lowest BCUT2D eigenvalue weighted by Gasteiger charge is -2.21. The van der Waals surface area contributed by atoms with Crippen LogP contribution in [0.1, 0.15) is 30.0 Å². The summed E-state index contributed by atoms with van der Waals surface area (Å²) in [6, 6.07) is 2.77. The molecule has 0 fully saturated rings. The van der Waals surface area contributed by atoms with Gasteiger partial charge in [0.2, 0.25) is 0 Å². The number of pyridine rings is 1. The van der Waals surface area contributed by atoms with Gasteiger partial charge in [0.15, 0.2) is 5.43 Å². The van der Waals surface area contributed by atoms with Gasteiger partial charge in [-0.05, 0) is 20.8 Å². The Bertz CT molecular complexity index is 468. The number of likely N-dealkylation sites (N-methyl/N-ethyl adjacent to an activating group) is 1. The van der Waals surface area contributed by atoms with Crippen molar-refractivity contribution in [3.05, 3.63) is 33.7 Å². The normalized spacial score (nSPS) is 12.2. The number of hydrogen-bond donors (Lipinski definition) is 1. The highest BCUT2D eigenvalue weighted by molar-refractivity contribution is 5.92. The average molecular weight is 252 g/mol. The maximum absolute atomic E-state index is 12.1. The summed E-state index contributed by atoms with van der Waals surface area (Å²) in [5.74, 6) is -0.206. The van der Waals surface area contributed by atoms with Gasteiger partial charge in [-0.1, -0.05) is 0 Å². The molecule has 0 saturated carbocycles. The van der Waals surface area contributed by atoms with Crippen LogP contribution in [0, 0.1) is 6.92 Å². The molecule has 1 aromatic rings. The topological polar surface area (TPSA) is 62.4 Å². The summed E-state index contributed by atoms with van der Waals surface area (Å²) in [7, 11) is 1.69. The second-order valence-corrected chi connectivity index (χ2v) is 4.36. The Balaban J connectivity index is 2.77. The van der Waals surface area contributed by atoms with E-state index in [0.29, 0.717) is 24.5 Å². The van der Waals surface area contributed by atoms with Gasteiger partial charge >= 0.3 is 0 Å². The second-order valence-electron chi connectivity index (χ2n) is 4.36. The molecule has 1 amide bonds. The van der Waals surface area contributed by atoms with Crippen LogP contribution in [0.2, 0.25) is 0 Å². The van der Waals surface area contributed by atoms with E-state index in [1.54, 1.807) is 18.9 Å². The van der Waals surface area contributed by atoms with E-state index in [9.17, 15) is 9.59 Å². The van der Waals surface area contributed by atoms with Crippen molar-refractivity contribution in [1.29, 1.82) is 0 Å². The van der Waals surface area contributed by atoms with Crippen molar-refractivity contribution in [1.82, 2.24) is 9.88 Å². The lowest BCUT2D eigenvalue weighted by atomic mass is 10.2. The van der Waals surface area contributed by atoms with E-state index < -0.39 is 0 Å². The minimum atomic E-state index is -0.206. The molecule has 0 aromatic carbocycles. The van der Waals surface area contributed by atoms with Gasteiger partial charge in [0.05, 0.1) is 6.10 Å². The van der Waals surface area contributed by atoms with Crippen LogP contribution < -0.4 is 5.43 Å². The lowest BCUT2D eigenvalue weighted by Crippen LogP contribution is -2.35. The van der Waals surface area contributed by atoms with Gasteiger partial charge in [0, 0.05) is 38.0 Å². The molecule has 18 heavy (non-hydrogen) atoms. The first-order chi connectivity index (χ1) is 8.43. The number of carbonyl (C=O) groups excluding carboxylic acids is 1. The van der Waals surface area contributed by atoms with E-state index in [1.807, 2.05) is 13.8 Å². The maximum Gasteiger partial charge on any atom is 0.270 e. The number of H-pyrrole nitrogens is 1. The fourth-order valence-corrected chi connectivity index (χ4v) is 1.81. The zero-order chi connectivity index (χ0) is 13.7. The molecule has 1 unspecified atom stereocenters. The molecule has 1 aromatic heterocycles. The molecule has 0 radical (unpaired) electrons. The molecule has 0 aliphatic rings. The van der Waals surface area contributed by atoms with Crippen LogP contribution >= 0.6 is 0 Å². The third kappa shape index (κ3) is 4.00. The number of nitrogens with zero attached hydrogens (tertiary/aromatic N) is 1. The number of hydrogen-bond acceptors (Lipinski definition) is 3. The van der Waals surface area contributed by atoms with Crippen molar-refractivity contribution in [3.8, 4) is 0 Å². The summed E-state index contributed by atoms with van der Waals surface area (Å²) in [4.78, 5) is 27.9. The molecular weight excluding hydrogens is 232 g/mol. The van der Waals surface area contributed by atoms with Crippen LogP contribution in [0.5, 0.6) is 0 Å². The molecule has 0 saturated heterocycles. The third-order valence-electron chi connectivity index (χ3n) is 2.54. The summed E-state index contributed by atoms with van der Waals surface area (Å²) >= 11 is 0. The Hall–Kier alpha value is -1.62. The van der Waals surface area contributed by atoms with Crippen molar-refractivity contribution in [2.75, 3.05) is 20.2 Å². The summed E-state index contributed by atoms with van der Waals surface area (Å²) < 4.78 is 5.38. The number of aromatic amines is 1. The first-order valence-corrected chi connectivity index (χ1v) is 6.02. The zero-order valence-electron chi connectivity index (χ0n) is 11.3. The van der Waals surface area contributed by atoms with Crippen LogP contribution in [-0.2, 0) is 4.74 Å². The monoisotopic (exact) mass is 252 g/mol. The van der Waals surface area contributed by atoms with Gasteiger partial charge in [-0.3, -0.25) is 9.59 Å². The van der Waals surface area contributed by atoms with Gasteiger partial charge in [0.25, 0.3) is 5.91 Å². The minimum absolute atomic E-state index is 0.0273. The van der Waals surface area contributed by atoms with E-state index in [2.05, 4.69) is 4.98 Å². The fourth-order valence-electron chi connectivity index (χ4n) is 1.81. The Morgan fingerprint density at radius 2 is 2.17 bits per heavy atom. The largest absolute Gasteiger partial charge is 0.377 e. The van der Waals surface area contributed by atoms with Crippen LogP contribution in [0.3, 0.4) is 0 Å². The Kier molecular flexibility index (Phi) is 5.09. The van der Waals surface area contributed by atoms with Gasteiger partial charge in [-0.25, -0.2) is 0 Å². The minimum Gasteiger partial charge on any atom is -0.377 e. The zero-order valence-corrected chi connectivity index (χ0v) is 11.3. The average Bonchev–Trinajstić information content (AvgIpc) is 2.26. The Morgan fingerprint density at radius 3 is 2.72 bits per heavy atom. The van der Waals surface area contributed by atoms with Gasteiger partial charge < -0.3 is 14.6 Å². The van der Waals surface area contributed by atoms with Crippen LogP contribution in [-0.4, -0.2) is 42.1 Å². The molecular formula is C13H20N2O3. The van der Waals surface area contributed by atoms with Crippen molar-refractivity contribution in [3.63, 3.8) is 0 Å². The molecule has 100 valence electrons. The lowest BCUT2D eigenvalue weighted by molar-refractivity contribution is 0.0433. The van der Waals surface area contributed by atoms with Crippen LogP contribution in [0.15, 0.2) is 16.9 Å². The van der Waals surface area contributed by atoms with Crippen molar-refractivity contribution >= 4 is 5.91 Å². The molecule has 1 N–H and O–H groups in total. The Morgan fingerprint density at radius 1 is 1.50 bits per heavy atom. The number of amides is 1. The van der Waals surface area contributed by atoms with E-state index in [0.717, 1.165) is 0 Å². The van der Waals surface area contributed by atoms with Crippen molar-refractivity contribution in [2.45, 2.75) is 26.9 Å². The number of ether oxygens (including phenoxy) is 1. The predicted octanol–water partition coefficient (Wildman–Crippen LogP) is 1.18. The van der Waals surface area contributed by atoms with Crippen LogP contribution in [0.4, 0.5) is 0 Å². The Labute approximate surface area is 107 Å². The second kappa shape index (κ2) is 6.35. The number of nitrogens with one attached hydrogen (secondary N) is 1. The van der Waals surface area contributed by atoms with Crippen molar-refractivity contribution in [2.24, 2.45) is 0 Å². The molecule has 0 aliphatic heterocycles.